The van der Waals surface area contributed by atoms with Gasteiger partial charge >= 0.3 is 0 Å². The molecule has 2 heterocycles. The van der Waals surface area contributed by atoms with Gasteiger partial charge in [-0.15, -0.1) is 0 Å². The van der Waals surface area contributed by atoms with Crippen LogP contribution < -0.4 is 10.0 Å². The average Bonchev–Trinajstić information content (AvgIpc) is 3.79. The first-order chi connectivity index (χ1) is 28.7. The molecule has 4 aromatic rings. The maximum atomic E-state index is 5.86. The zero-order chi connectivity index (χ0) is 42.8. The van der Waals surface area contributed by atoms with Crippen LogP contribution in [0.3, 0.4) is 0 Å². The highest BCUT2D eigenvalue weighted by atomic mass is 32.2. The second-order valence-corrected chi connectivity index (χ2v) is 21.1. The first-order valence-corrected chi connectivity index (χ1v) is 24.7. The summed E-state index contributed by atoms with van der Waals surface area (Å²) in [7, 11) is 2.25. The van der Waals surface area contributed by atoms with Crippen molar-refractivity contribution >= 4 is 62.3 Å². The molecule has 60 heavy (non-hydrogen) atoms. The van der Waals surface area contributed by atoms with Gasteiger partial charge in [0.15, 0.2) is 5.71 Å². The van der Waals surface area contributed by atoms with Gasteiger partial charge in [0, 0.05) is 71.7 Å². The number of rotatable bonds is 16. The second-order valence-electron chi connectivity index (χ2n) is 19.4. The molecule has 2 N–H and O–H groups in total. The van der Waals surface area contributed by atoms with Crippen LogP contribution in [0.5, 0.6) is 0 Å². The van der Waals surface area contributed by atoms with Gasteiger partial charge in [-0.2, -0.15) is 16.3 Å². The van der Waals surface area contributed by atoms with E-state index >= 15 is 0 Å². The zero-order valence-corrected chi connectivity index (χ0v) is 39.6. The summed E-state index contributed by atoms with van der Waals surface area (Å²) >= 11 is 3.40. The SMILES string of the molecule is C=C(CC(C)(C)C)N(C)C1=C(/C=C/C2=[N+](CCCCSC)c3ccc4ccccc4c3C2(C)C)CC/C1=C\C=C1\N(CCCCSN)c2ccc3ccccc3c2C1(C)C. The molecule has 2 aliphatic heterocycles. The van der Waals surface area contributed by atoms with Crippen LogP contribution in [0.2, 0.25) is 0 Å². The van der Waals surface area contributed by atoms with Crippen LogP contribution in [0.25, 0.3) is 21.5 Å². The molecule has 3 aliphatic rings. The summed E-state index contributed by atoms with van der Waals surface area (Å²) in [5.41, 5.74) is 13.4. The molecule has 316 valence electrons. The Hall–Kier alpha value is -3.97. The maximum Gasteiger partial charge on any atom is 0.210 e. The van der Waals surface area contributed by atoms with Crippen LogP contribution >= 0.6 is 23.7 Å². The van der Waals surface area contributed by atoms with E-state index in [-0.39, 0.29) is 16.2 Å². The molecule has 0 unspecified atom stereocenters. The molecule has 0 saturated carbocycles. The van der Waals surface area contributed by atoms with E-state index in [1.54, 1.807) is 0 Å². The lowest BCUT2D eigenvalue weighted by molar-refractivity contribution is -0.438. The number of nitrogens with zero attached hydrogens (tertiary/aromatic N) is 3. The lowest BCUT2D eigenvalue weighted by Gasteiger charge is -2.30. The molecule has 0 bridgehead atoms. The van der Waals surface area contributed by atoms with Gasteiger partial charge in [-0.05, 0) is 126 Å². The van der Waals surface area contributed by atoms with Crippen molar-refractivity contribution in [2.45, 2.75) is 104 Å². The van der Waals surface area contributed by atoms with Crippen molar-refractivity contribution in [3.8, 4) is 0 Å². The molecule has 1 aliphatic carbocycles. The predicted molar refractivity (Wildman–Crippen MR) is 267 cm³/mol. The van der Waals surface area contributed by atoms with E-state index in [2.05, 4.69) is 173 Å². The highest BCUT2D eigenvalue weighted by Gasteiger charge is 2.46. The molecule has 0 aromatic heterocycles. The molecule has 4 aromatic carbocycles. The normalized spacial score (nSPS) is 18.6. The molecular formula is C54H69N4S2+. The zero-order valence-electron chi connectivity index (χ0n) is 38.0. The van der Waals surface area contributed by atoms with Gasteiger partial charge < -0.3 is 9.80 Å². The molecule has 0 fully saturated rings. The predicted octanol–water partition coefficient (Wildman–Crippen LogP) is 14.0. The maximum absolute atomic E-state index is 5.86. The number of hydrogen-bond donors (Lipinski definition) is 1. The Morgan fingerprint density at radius 2 is 1.48 bits per heavy atom. The van der Waals surface area contributed by atoms with Crippen LogP contribution in [-0.4, -0.2) is 53.1 Å². The average molecular weight is 838 g/mol. The summed E-state index contributed by atoms with van der Waals surface area (Å²) in [6.45, 7) is 23.4. The number of unbranched alkanes of at least 4 members (excludes halogenated alkanes) is 2. The van der Waals surface area contributed by atoms with Crippen molar-refractivity contribution in [1.29, 1.82) is 0 Å². The minimum absolute atomic E-state index is 0.132. The third kappa shape index (κ3) is 8.72. The number of hydrogen-bond acceptors (Lipinski definition) is 5. The highest BCUT2D eigenvalue weighted by Crippen LogP contribution is 2.51. The van der Waals surface area contributed by atoms with Gasteiger partial charge in [-0.3, -0.25) is 5.14 Å². The molecule has 0 amide bonds. The third-order valence-electron chi connectivity index (χ3n) is 13.1. The first-order valence-electron chi connectivity index (χ1n) is 22.2. The van der Waals surface area contributed by atoms with Gasteiger partial charge in [0.25, 0.3) is 0 Å². The summed E-state index contributed by atoms with van der Waals surface area (Å²) in [5, 5.41) is 11.2. The Balaban J connectivity index is 1.33. The summed E-state index contributed by atoms with van der Waals surface area (Å²) in [4.78, 5) is 5.02. The molecule has 7 rings (SSSR count). The Morgan fingerprint density at radius 3 is 2.17 bits per heavy atom. The molecule has 0 saturated heterocycles. The van der Waals surface area contributed by atoms with Crippen LogP contribution in [-0.2, 0) is 10.8 Å². The molecule has 0 atom stereocenters. The minimum atomic E-state index is -0.161. The number of anilines is 1. The lowest BCUT2D eigenvalue weighted by atomic mass is 9.79. The number of fused-ring (bicyclic) bond motifs is 6. The number of thioether (sulfide) groups is 1. The summed E-state index contributed by atoms with van der Waals surface area (Å²) in [6.07, 6.45) is 19.6. The van der Waals surface area contributed by atoms with E-state index in [4.69, 9.17) is 11.7 Å². The summed E-state index contributed by atoms with van der Waals surface area (Å²) in [6, 6.07) is 27.2. The molecule has 6 heteroatoms. The Morgan fingerprint density at radius 1 is 0.817 bits per heavy atom. The van der Waals surface area contributed by atoms with Crippen LogP contribution in [0.1, 0.15) is 105 Å². The van der Waals surface area contributed by atoms with Crippen molar-refractivity contribution < 1.29 is 4.58 Å². The highest BCUT2D eigenvalue weighted by molar-refractivity contribution is 7.98. The Labute approximate surface area is 370 Å². The van der Waals surface area contributed by atoms with Crippen molar-refractivity contribution in [3.05, 3.63) is 143 Å². The van der Waals surface area contributed by atoms with E-state index < -0.39 is 0 Å². The number of nitrogens with two attached hydrogens (primary N) is 1. The van der Waals surface area contributed by atoms with Crippen molar-refractivity contribution in [1.82, 2.24) is 4.90 Å². The molecule has 0 radical (unpaired) electrons. The molecular weight excluding hydrogens is 769 g/mol. The molecule has 4 nitrogen and oxygen atoms in total. The van der Waals surface area contributed by atoms with E-state index in [1.807, 2.05) is 11.8 Å². The van der Waals surface area contributed by atoms with Crippen molar-refractivity contribution in [3.63, 3.8) is 0 Å². The van der Waals surface area contributed by atoms with Gasteiger partial charge in [0.05, 0.1) is 5.41 Å². The quantitative estimate of drug-likeness (QED) is 0.0691. The Kier molecular flexibility index (Phi) is 13.4. The number of benzene rings is 4. The van der Waals surface area contributed by atoms with Crippen LogP contribution in [0.4, 0.5) is 11.4 Å². The standard InChI is InChI=1S/C54H69N4S2/c1-38(37-52(2,3)4)56(9)51-41(27-31-47-53(5,6)49-43-21-13-11-19-39(43)25-29-45(49)57(47)33-15-17-35-59-10)23-24-42(51)28-32-48-54(7,8)50-44-22-14-12-20-40(44)26-30-46(50)58(48)34-16-18-36-60-55/h11-14,19-22,25-32H,1,15-18,23-24,33-37,55H2,2-10H3/q+1. The fraction of sp³-hybridized carbons (Fsp3) is 0.426. The lowest BCUT2D eigenvalue weighted by Crippen LogP contribution is -2.28. The summed E-state index contributed by atoms with van der Waals surface area (Å²) in [5.74, 6) is 2.18. The van der Waals surface area contributed by atoms with E-state index in [0.717, 1.165) is 56.6 Å². The second kappa shape index (κ2) is 18.2. The topological polar surface area (TPSA) is 35.5 Å². The van der Waals surface area contributed by atoms with E-state index in [9.17, 15) is 0 Å². The van der Waals surface area contributed by atoms with Gasteiger partial charge in [0.1, 0.15) is 6.54 Å². The smallest absolute Gasteiger partial charge is 0.210 e. The number of allylic oxidation sites excluding steroid dienone is 8. The van der Waals surface area contributed by atoms with E-state index in [1.165, 1.54) is 103 Å². The fourth-order valence-electron chi connectivity index (χ4n) is 10.2. The molecule has 0 spiro atoms. The van der Waals surface area contributed by atoms with Crippen molar-refractivity contribution in [2.24, 2.45) is 10.6 Å². The van der Waals surface area contributed by atoms with Crippen molar-refractivity contribution in [2.75, 3.05) is 42.8 Å². The van der Waals surface area contributed by atoms with Gasteiger partial charge in [0.2, 0.25) is 5.69 Å². The van der Waals surface area contributed by atoms with Gasteiger partial charge in [-0.25, -0.2) is 0 Å². The minimum Gasteiger partial charge on any atom is -0.348 e. The summed E-state index contributed by atoms with van der Waals surface area (Å²) < 4.78 is 2.64. The van der Waals surface area contributed by atoms with Gasteiger partial charge in [-0.1, -0.05) is 120 Å². The van der Waals surface area contributed by atoms with Crippen LogP contribution in [0, 0.1) is 5.41 Å². The Bertz CT molecular complexity index is 2420. The number of likely N-dealkylation sites (N-methyl/N-ethyl adjacent to an activating group) is 1. The third-order valence-corrected chi connectivity index (χ3v) is 14.3. The largest absolute Gasteiger partial charge is 0.348 e. The fourth-order valence-corrected chi connectivity index (χ4v) is 11.1. The monoisotopic (exact) mass is 837 g/mol. The first kappa shape index (κ1) is 44.1. The van der Waals surface area contributed by atoms with Crippen LogP contribution in [0.15, 0.2) is 132 Å². The van der Waals surface area contributed by atoms with E-state index in [0.29, 0.717) is 0 Å².